The van der Waals surface area contributed by atoms with Crippen LogP contribution in [-0.4, -0.2) is 67.9 Å². The topological polar surface area (TPSA) is 40.2 Å². The molecule has 6 heteroatoms. The maximum atomic E-state index is 5.58. The van der Waals surface area contributed by atoms with Crippen LogP contribution in [0.2, 0.25) is 6.04 Å². The van der Waals surface area contributed by atoms with Gasteiger partial charge in [-0.3, -0.25) is 0 Å². The van der Waals surface area contributed by atoms with Gasteiger partial charge in [0.15, 0.2) is 0 Å². The molecule has 0 N–H and O–H groups in total. The van der Waals surface area contributed by atoms with E-state index in [1.165, 1.54) is 0 Å². The molecule has 0 bridgehead atoms. The summed E-state index contributed by atoms with van der Waals surface area (Å²) in [5, 5.41) is 0. The lowest BCUT2D eigenvalue weighted by Crippen LogP contribution is -2.43. The van der Waals surface area contributed by atoms with Gasteiger partial charge in [-0.15, -0.1) is 0 Å². The Hall–Kier alpha value is 0.0169. The van der Waals surface area contributed by atoms with E-state index in [1.54, 1.807) is 21.3 Å². The first-order valence-electron chi connectivity index (χ1n) is 6.13. The van der Waals surface area contributed by atoms with E-state index in [4.69, 9.17) is 18.0 Å². The number of likely N-dealkylation sites (N-methyl/N-ethyl adjacent to an activating group) is 1. The second kappa shape index (κ2) is 9.99. The molecule has 0 heterocycles. The van der Waals surface area contributed by atoms with Crippen LogP contribution in [0.3, 0.4) is 0 Å². The third-order valence-electron chi connectivity index (χ3n) is 2.93. The van der Waals surface area contributed by atoms with E-state index in [9.17, 15) is 0 Å². The summed E-state index contributed by atoms with van der Waals surface area (Å²) >= 11 is 0. The van der Waals surface area contributed by atoms with E-state index < -0.39 is 8.80 Å². The van der Waals surface area contributed by atoms with Crippen LogP contribution in [0.4, 0.5) is 0 Å². The molecule has 0 aromatic heterocycles. The maximum absolute atomic E-state index is 5.58. The van der Waals surface area contributed by atoms with Crippen molar-refractivity contribution in [3.63, 3.8) is 0 Å². The molecule has 0 radical (unpaired) electrons. The summed E-state index contributed by atoms with van der Waals surface area (Å²) in [6, 6.07) is 0.689. The van der Waals surface area contributed by atoms with Crippen molar-refractivity contribution in [2.24, 2.45) is 0 Å². The molecule has 0 aromatic rings. The molecule has 5 nitrogen and oxygen atoms in total. The molecule has 0 saturated carbocycles. The lowest BCUT2D eigenvalue weighted by atomic mass is 10.5. The van der Waals surface area contributed by atoms with Gasteiger partial charge in [0.1, 0.15) is 0 Å². The van der Waals surface area contributed by atoms with Gasteiger partial charge in [-0.25, -0.2) is 0 Å². The summed E-state index contributed by atoms with van der Waals surface area (Å²) in [4.78, 5) is 2.33. The summed E-state index contributed by atoms with van der Waals surface area (Å²) < 4.78 is 21.5. The van der Waals surface area contributed by atoms with E-state index in [0.29, 0.717) is 12.7 Å². The summed E-state index contributed by atoms with van der Waals surface area (Å²) in [5.74, 6) is 0. The molecule has 0 aliphatic carbocycles. The van der Waals surface area contributed by atoms with Crippen LogP contribution in [0.25, 0.3) is 0 Å². The van der Waals surface area contributed by atoms with Crippen LogP contribution in [-0.2, 0) is 18.0 Å². The van der Waals surface area contributed by atoms with Crippen LogP contribution in [0.15, 0.2) is 0 Å². The van der Waals surface area contributed by atoms with Gasteiger partial charge < -0.3 is 22.9 Å². The number of nitrogens with zero attached hydrogens (tertiary/aromatic N) is 1. The summed E-state index contributed by atoms with van der Waals surface area (Å²) in [7, 11) is 2.41. The Kier molecular flexibility index (Phi) is 10.00. The molecular formula is C11H27NO4Si. The fourth-order valence-corrected chi connectivity index (χ4v) is 3.10. The Labute approximate surface area is 106 Å². The molecule has 17 heavy (non-hydrogen) atoms. The average molecular weight is 265 g/mol. The molecule has 0 amide bonds. The molecule has 0 unspecified atom stereocenters. The van der Waals surface area contributed by atoms with Gasteiger partial charge in [0.2, 0.25) is 0 Å². The van der Waals surface area contributed by atoms with Crippen molar-refractivity contribution in [1.29, 1.82) is 0 Å². The number of hydrogen-bond acceptors (Lipinski definition) is 5. The molecule has 0 spiro atoms. The fraction of sp³-hybridized carbons (Fsp3) is 1.00. The van der Waals surface area contributed by atoms with Crippen molar-refractivity contribution in [3.8, 4) is 0 Å². The van der Waals surface area contributed by atoms with Crippen LogP contribution in [0, 0.1) is 0 Å². The molecule has 0 fully saturated rings. The van der Waals surface area contributed by atoms with Crippen molar-refractivity contribution >= 4 is 8.80 Å². The highest BCUT2D eigenvalue weighted by Gasteiger charge is 2.37. The van der Waals surface area contributed by atoms with Gasteiger partial charge in [-0.2, -0.15) is 0 Å². The van der Waals surface area contributed by atoms with Crippen molar-refractivity contribution in [1.82, 2.24) is 4.90 Å². The Morgan fingerprint density at radius 2 is 1.41 bits per heavy atom. The predicted molar refractivity (Wildman–Crippen MR) is 70.2 cm³/mol. The molecule has 0 atom stereocenters. The van der Waals surface area contributed by atoms with Crippen molar-refractivity contribution < 1.29 is 18.0 Å². The monoisotopic (exact) mass is 265 g/mol. The first kappa shape index (κ1) is 17.0. The molecule has 0 rings (SSSR count). The zero-order valence-electron chi connectivity index (χ0n) is 11.8. The Morgan fingerprint density at radius 1 is 0.882 bits per heavy atom. The number of ether oxygens (including phenoxy) is 1. The van der Waals surface area contributed by atoms with Crippen LogP contribution in [0.5, 0.6) is 0 Å². The lowest BCUT2D eigenvalue weighted by Gasteiger charge is -2.24. The van der Waals surface area contributed by atoms with Gasteiger partial charge in [0, 0.05) is 33.9 Å². The highest BCUT2D eigenvalue weighted by atomic mass is 28.4. The molecule has 0 aliphatic heterocycles. The average Bonchev–Trinajstić information content (AvgIpc) is 2.39. The van der Waals surface area contributed by atoms with Gasteiger partial charge in [0.25, 0.3) is 0 Å². The minimum absolute atomic E-state index is 0.614. The van der Waals surface area contributed by atoms with Gasteiger partial charge in [0.05, 0.1) is 13.2 Å². The van der Waals surface area contributed by atoms with Gasteiger partial charge in [-0.1, -0.05) is 13.8 Å². The van der Waals surface area contributed by atoms with Crippen molar-refractivity contribution in [3.05, 3.63) is 0 Å². The van der Waals surface area contributed by atoms with E-state index >= 15 is 0 Å². The fourth-order valence-electron chi connectivity index (χ4n) is 1.59. The largest absolute Gasteiger partial charge is 0.502 e. The second-order valence-electron chi connectivity index (χ2n) is 3.68. The lowest BCUT2D eigenvalue weighted by molar-refractivity contribution is 0.0855. The molecule has 104 valence electrons. The molecule has 0 saturated heterocycles. The number of rotatable bonds is 11. The Balaban J connectivity index is 3.68. The van der Waals surface area contributed by atoms with Crippen LogP contribution in [0.1, 0.15) is 13.8 Å². The summed E-state index contributed by atoms with van der Waals surface area (Å²) in [6.07, 6.45) is 0. The van der Waals surface area contributed by atoms with Gasteiger partial charge in [-0.05, 0) is 13.1 Å². The minimum atomic E-state index is -2.45. The summed E-state index contributed by atoms with van der Waals surface area (Å²) in [6.45, 7) is 8.75. The first-order valence-corrected chi connectivity index (χ1v) is 8.06. The zero-order valence-corrected chi connectivity index (χ0v) is 12.8. The molecule has 0 aromatic carbocycles. The van der Waals surface area contributed by atoms with E-state index in [1.807, 2.05) is 0 Å². The van der Waals surface area contributed by atoms with E-state index in [0.717, 1.165) is 26.2 Å². The smallest absolute Gasteiger partial charge is 0.380 e. The highest BCUT2D eigenvalue weighted by Crippen LogP contribution is 2.12. The third kappa shape index (κ3) is 6.49. The van der Waals surface area contributed by atoms with Crippen molar-refractivity contribution in [2.75, 3.05) is 54.2 Å². The van der Waals surface area contributed by atoms with Crippen molar-refractivity contribution in [2.45, 2.75) is 19.9 Å². The Bertz CT molecular complexity index is 167. The SMILES string of the molecule is CCN(CC)CCOCC[Si](OC)(OC)OC. The standard InChI is InChI=1S/C11H27NO4Si/c1-6-12(7-2)8-9-16-10-11-17(13-3,14-4)15-5/h6-11H2,1-5H3. The first-order chi connectivity index (χ1) is 8.17. The van der Waals surface area contributed by atoms with Crippen LogP contribution < -0.4 is 0 Å². The predicted octanol–water partition coefficient (Wildman–Crippen LogP) is 1.22. The quantitative estimate of drug-likeness (QED) is 0.415. The van der Waals surface area contributed by atoms with E-state index in [-0.39, 0.29) is 0 Å². The molecule has 0 aliphatic rings. The maximum Gasteiger partial charge on any atom is 0.502 e. The Morgan fingerprint density at radius 3 is 1.82 bits per heavy atom. The zero-order chi connectivity index (χ0) is 13.1. The summed E-state index contributed by atoms with van der Waals surface area (Å²) in [5.41, 5.74) is 0. The van der Waals surface area contributed by atoms with E-state index in [2.05, 4.69) is 18.7 Å². The third-order valence-corrected chi connectivity index (χ3v) is 5.61. The highest BCUT2D eigenvalue weighted by molar-refractivity contribution is 6.60. The number of hydrogen-bond donors (Lipinski definition) is 0. The molecular weight excluding hydrogens is 238 g/mol. The van der Waals surface area contributed by atoms with Gasteiger partial charge >= 0.3 is 8.80 Å². The minimum Gasteiger partial charge on any atom is -0.380 e. The van der Waals surface area contributed by atoms with Crippen LogP contribution >= 0.6 is 0 Å². The second-order valence-corrected chi connectivity index (χ2v) is 6.78. The normalized spacial score (nSPS) is 12.4.